The van der Waals surface area contributed by atoms with E-state index in [0.717, 1.165) is 38.5 Å². The van der Waals surface area contributed by atoms with E-state index in [-0.39, 0.29) is 12.5 Å². The highest BCUT2D eigenvalue weighted by atomic mass is 16.3. The van der Waals surface area contributed by atoms with E-state index >= 15 is 0 Å². The number of aliphatic hydroxyl groups is 3. The minimum Gasteiger partial charge on any atom is -0.394 e. The maximum Gasteiger partial charge on any atom is 0.220 e. The quantitative estimate of drug-likeness (QED) is 0.0608. The second-order valence-electron chi connectivity index (χ2n) is 12.4. The summed E-state index contributed by atoms with van der Waals surface area (Å²) in [5.74, 6) is -0.145. The molecule has 0 aromatic rings. The molecule has 1 amide bonds. The molecule has 3 unspecified atom stereocenters. The first-order valence-electron chi connectivity index (χ1n) is 17.8. The number of hydrogen-bond donors (Lipinski definition) is 4. The molecule has 0 aliphatic heterocycles. The summed E-state index contributed by atoms with van der Waals surface area (Å²) in [5, 5.41) is 33.1. The monoisotopic (exact) mass is 570 g/mol. The van der Waals surface area contributed by atoms with Crippen LogP contribution in [0.4, 0.5) is 0 Å². The Hall–Kier alpha value is -0.650. The van der Waals surface area contributed by atoms with Crippen molar-refractivity contribution in [3.8, 4) is 0 Å². The molecule has 0 aromatic carbocycles. The van der Waals surface area contributed by atoms with Crippen molar-refractivity contribution in [2.24, 2.45) is 0 Å². The van der Waals surface area contributed by atoms with Gasteiger partial charge in [-0.3, -0.25) is 4.79 Å². The van der Waals surface area contributed by atoms with Gasteiger partial charge < -0.3 is 20.6 Å². The van der Waals surface area contributed by atoms with E-state index in [9.17, 15) is 20.1 Å². The Morgan fingerprint density at radius 2 is 0.850 bits per heavy atom. The average molecular weight is 570 g/mol. The Balaban J connectivity index is 3.60. The molecule has 0 aliphatic carbocycles. The average Bonchev–Trinajstić information content (AvgIpc) is 2.96. The zero-order chi connectivity index (χ0) is 29.5. The molecule has 0 saturated carbocycles. The first-order valence-corrected chi connectivity index (χ1v) is 17.8. The summed E-state index contributed by atoms with van der Waals surface area (Å²) in [6.45, 7) is 4.14. The zero-order valence-corrected chi connectivity index (χ0v) is 27.0. The van der Waals surface area contributed by atoms with Crippen LogP contribution in [0.5, 0.6) is 0 Å². The lowest BCUT2D eigenvalue weighted by atomic mass is 9.99. The number of aliphatic hydroxyl groups excluding tert-OH is 3. The summed E-state index contributed by atoms with van der Waals surface area (Å²) in [6.07, 6.45) is 32.0. The molecule has 5 nitrogen and oxygen atoms in total. The lowest BCUT2D eigenvalue weighted by Gasteiger charge is -2.26. The number of carbonyl (C=O) groups excluding carboxylic acids is 1. The van der Waals surface area contributed by atoms with Crippen LogP contribution in [0.2, 0.25) is 0 Å². The van der Waals surface area contributed by atoms with Crippen molar-refractivity contribution >= 4 is 5.91 Å². The standard InChI is InChI=1S/C35H71NO4/c1-3-5-7-9-11-13-14-15-16-17-18-19-20-21-22-24-26-28-30-34(39)36-32(31-37)35(40)33(38)29-27-25-23-12-10-8-6-4-2/h32-33,35,37-38,40H,3-31H2,1-2H3,(H,36,39). The van der Waals surface area contributed by atoms with Crippen molar-refractivity contribution in [3.05, 3.63) is 0 Å². The fourth-order valence-corrected chi connectivity index (χ4v) is 5.63. The molecule has 0 aliphatic rings. The minimum atomic E-state index is -1.13. The van der Waals surface area contributed by atoms with Gasteiger partial charge in [-0.05, 0) is 12.8 Å². The smallest absolute Gasteiger partial charge is 0.220 e. The molecular weight excluding hydrogens is 498 g/mol. The van der Waals surface area contributed by atoms with Gasteiger partial charge in [0, 0.05) is 6.42 Å². The van der Waals surface area contributed by atoms with E-state index in [1.165, 1.54) is 128 Å². The maximum atomic E-state index is 12.3. The van der Waals surface area contributed by atoms with Gasteiger partial charge in [-0.2, -0.15) is 0 Å². The topological polar surface area (TPSA) is 89.8 Å². The third-order valence-corrected chi connectivity index (χ3v) is 8.46. The number of hydrogen-bond acceptors (Lipinski definition) is 4. The van der Waals surface area contributed by atoms with Gasteiger partial charge in [-0.15, -0.1) is 0 Å². The van der Waals surface area contributed by atoms with Crippen molar-refractivity contribution in [3.63, 3.8) is 0 Å². The van der Waals surface area contributed by atoms with Gasteiger partial charge in [-0.1, -0.05) is 174 Å². The molecule has 0 saturated heterocycles. The van der Waals surface area contributed by atoms with E-state index in [1.807, 2.05) is 0 Å². The Morgan fingerprint density at radius 3 is 1.20 bits per heavy atom. The molecule has 0 bridgehead atoms. The molecule has 5 heteroatoms. The maximum absolute atomic E-state index is 12.3. The Kier molecular flexibility index (Phi) is 30.8. The molecule has 0 rings (SSSR count). The summed E-state index contributed by atoms with van der Waals surface area (Å²) in [6, 6.07) is -0.799. The van der Waals surface area contributed by atoms with Crippen LogP contribution in [0.3, 0.4) is 0 Å². The van der Waals surface area contributed by atoms with Gasteiger partial charge in [0.1, 0.15) is 6.10 Å². The third kappa shape index (κ3) is 26.3. The summed E-state index contributed by atoms with van der Waals surface area (Å²) in [5.41, 5.74) is 0. The number of rotatable bonds is 32. The van der Waals surface area contributed by atoms with E-state index in [1.54, 1.807) is 0 Å². The molecule has 3 atom stereocenters. The summed E-state index contributed by atoms with van der Waals surface area (Å²) >= 11 is 0. The minimum absolute atomic E-state index is 0.145. The van der Waals surface area contributed by atoms with Crippen molar-refractivity contribution < 1.29 is 20.1 Å². The highest BCUT2D eigenvalue weighted by molar-refractivity contribution is 5.76. The highest BCUT2D eigenvalue weighted by Gasteiger charge is 2.26. The Labute approximate surface area is 249 Å². The van der Waals surface area contributed by atoms with Crippen LogP contribution >= 0.6 is 0 Å². The van der Waals surface area contributed by atoms with Crippen molar-refractivity contribution in [1.82, 2.24) is 5.32 Å². The summed E-state index contributed by atoms with van der Waals surface area (Å²) < 4.78 is 0. The molecule has 4 N–H and O–H groups in total. The lowest BCUT2D eigenvalue weighted by molar-refractivity contribution is -0.124. The second-order valence-corrected chi connectivity index (χ2v) is 12.4. The van der Waals surface area contributed by atoms with Gasteiger partial charge in [0.2, 0.25) is 5.91 Å². The van der Waals surface area contributed by atoms with Crippen molar-refractivity contribution in [2.45, 2.75) is 212 Å². The van der Waals surface area contributed by atoms with Gasteiger partial charge in [0.05, 0.1) is 18.8 Å². The molecule has 0 fully saturated rings. The molecule has 0 radical (unpaired) electrons. The van der Waals surface area contributed by atoms with Crippen LogP contribution in [-0.4, -0.2) is 46.1 Å². The number of amides is 1. The van der Waals surface area contributed by atoms with E-state index in [0.29, 0.717) is 12.8 Å². The molecule has 0 aromatic heterocycles. The van der Waals surface area contributed by atoms with E-state index < -0.39 is 18.2 Å². The van der Waals surface area contributed by atoms with Crippen LogP contribution in [0.1, 0.15) is 194 Å². The van der Waals surface area contributed by atoms with Crippen LogP contribution in [0.15, 0.2) is 0 Å². The van der Waals surface area contributed by atoms with Crippen LogP contribution in [0, 0.1) is 0 Å². The highest BCUT2D eigenvalue weighted by Crippen LogP contribution is 2.16. The predicted molar refractivity (Wildman–Crippen MR) is 172 cm³/mol. The Bertz CT molecular complexity index is 516. The molecular formula is C35H71NO4. The van der Waals surface area contributed by atoms with Crippen LogP contribution in [0.25, 0.3) is 0 Å². The van der Waals surface area contributed by atoms with E-state index in [4.69, 9.17) is 0 Å². The molecule has 40 heavy (non-hydrogen) atoms. The van der Waals surface area contributed by atoms with Crippen LogP contribution < -0.4 is 5.32 Å². The van der Waals surface area contributed by atoms with Crippen molar-refractivity contribution in [1.29, 1.82) is 0 Å². The Morgan fingerprint density at radius 1 is 0.525 bits per heavy atom. The third-order valence-electron chi connectivity index (χ3n) is 8.46. The summed E-state index contributed by atoms with van der Waals surface area (Å²) in [4.78, 5) is 12.3. The fraction of sp³-hybridized carbons (Fsp3) is 0.971. The summed E-state index contributed by atoms with van der Waals surface area (Å²) in [7, 11) is 0. The van der Waals surface area contributed by atoms with Gasteiger partial charge >= 0.3 is 0 Å². The number of unbranched alkanes of at least 4 members (excludes halogenated alkanes) is 24. The molecule has 0 heterocycles. The lowest BCUT2D eigenvalue weighted by Crippen LogP contribution is -2.50. The zero-order valence-electron chi connectivity index (χ0n) is 27.0. The number of nitrogens with one attached hydrogen (secondary N) is 1. The molecule has 0 spiro atoms. The normalized spacial score (nSPS) is 13.8. The SMILES string of the molecule is CCCCCCCCCCCCCCCCCCCCC(=O)NC(CO)C(O)C(O)CCCCCCCCCC. The first-order chi connectivity index (χ1) is 19.6. The number of carbonyl (C=O) groups is 1. The first kappa shape index (κ1) is 39.4. The predicted octanol–water partition coefficient (Wildman–Crippen LogP) is 9.15. The molecule has 240 valence electrons. The fourth-order valence-electron chi connectivity index (χ4n) is 5.63. The van der Waals surface area contributed by atoms with Crippen molar-refractivity contribution in [2.75, 3.05) is 6.61 Å². The second kappa shape index (κ2) is 31.3. The van der Waals surface area contributed by atoms with Crippen LogP contribution in [-0.2, 0) is 4.79 Å². The van der Waals surface area contributed by atoms with Gasteiger partial charge in [0.15, 0.2) is 0 Å². The largest absolute Gasteiger partial charge is 0.394 e. The van der Waals surface area contributed by atoms with Gasteiger partial charge in [-0.25, -0.2) is 0 Å². The van der Waals surface area contributed by atoms with Gasteiger partial charge in [0.25, 0.3) is 0 Å². The van der Waals surface area contributed by atoms with E-state index in [2.05, 4.69) is 19.2 Å².